The largest absolute Gasteiger partial charge is 0.491 e. The van der Waals surface area contributed by atoms with Crippen molar-refractivity contribution >= 4 is 16.2 Å². The average molecular weight is 427 g/mol. The van der Waals surface area contributed by atoms with Crippen LogP contribution in [0.4, 0.5) is 0 Å². The van der Waals surface area contributed by atoms with Crippen LogP contribution in [0, 0.1) is 0 Å². The van der Waals surface area contributed by atoms with Crippen LogP contribution >= 0.6 is 11.3 Å². The van der Waals surface area contributed by atoms with Gasteiger partial charge in [-0.2, -0.15) is 0 Å². The van der Waals surface area contributed by atoms with Crippen LogP contribution in [0.2, 0.25) is 0 Å². The molecule has 0 bridgehead atoms. The van der Waals surface area contributed by atoms with E-state index < -0.39 is 12.2 Å². The number of rotatable bonds is 8. The molecule has 5 rings (SSSR count). The maximum atomic E-state index is 11.1. The molecule has 1 aromatic carbocycles. The topological polar surface area (TPSA) is 118 Å². The summed E-state index contributed by atoms with van der Waals surface area (Å²) in [5.74, 6) is 1.08. The van der Waals surface area contributed by atoms with E-state index in [2.05, 4.69) is 15.3 Å². The van der Waals surface area contributed by atoms with Crippen molar-refractivity contribution in [2.45, 2.75) is 31.0 Å². The van der Waals surface area contributed by atoms with Crippen molar-refractivity contribution in [3.05, 3.63) is 59.3 Å². The zero-order chi connectivity index (χ0) is 20.7. The van der Waals surface area contributed by atoms with Crippen molar-refractivity contribution in [1.82, 2.24) is 24.4 Å². The van der Waals surface area contributed by atoms with E-state index in [9.17, 15) is 10.2 Å². The van der Waals surface area contributed by atoms with Gasteiger partial charge in [0.2, 0.25) is 0 Å². The molecule has 1 fully saturated rings. The maximum Gasteiger partial charge on any atom is 0.141 e. The van der Waals surface area contributed by atoms with E-state index >= 15 is 0 Å². The normalized spacial score (nSPS) is 16.1. The molecule has 1 aliphatic carbocycles. The minimum absolute atomic E-state index is 0.0161. The van der Waals surface area contributed by atoms with E-state index in [4.69, 9.17) is 9.84 Å². The molecule has 4 aromatic rings. The predicted octanol–water partition coefficient (Wildman–Crippen LogP) is 1.67. The summed E-state index contributed by atoms with van der Waals surface area (Å²) in [6.45, 7) is -0.331. The number of benzene rings is 1. The van der Waals surface area contributed by atoms with Gasteiger partial charge in [-0.15, -0.1) is 16.4 Å². The van der Waals surface area contributed by atoms with Crippen molar-refractivity contribution in [3.63, 3.8) is 0 Å². The van der Waals surface area contributed by atoms with Gasteiger partial charge in [-0.3, -0.25) is 4.40 Å². The van der Waals surface area contributed by atoms with Crippen LogP contribution in [-0.2, 0) is 0 Å². The fraction of sp³-hybridized carbons (Fsp3) is 0.350. The molecular weight excluding hydrogens is 406 g/mol. The van der Waals surface area contributed by atoms with Crippen LogP contribution in [-0.4, -0.2) is 59.0 Å². The quantitative estimate of drug-likeness (QED) is 0.391. The number of nitrogens with zero attached hydrogens (tertiary/aromatic N) is 5. The smallest absolute Gasteiger partial charge is 0.141 e. The molecule has 3 aromatic heterocycles. The van der Waals surface area contributed by atoms with Gasteiger partial charge in [0.15, 0.2) is 0 Å². The van der Waals surface area contributed by atoms with Crippen molar-refractivity contribution < 1.29 is 20.1 Å². The molecule has 156 valence electrons. The lowest BCUT2D eigenvalue weighted by atomic mass is 10.1. The summed E-state index contributed by atoms with van der Waals surface area (Å²) in [6, 6.07) is 7.10. The zero-order valence-electron chi connectivity index (χ0n) is 16.0. The van der Waals surface area contributed by atoms with Crippen LogP contribution in [0.25, 0.3) is 10.5 Å². The second-order valence-electron chi connectivity index (χ2n) is 7.36. The predicted molar refractivity (Wildman–Crippen MR) is 109 cm³/mol. The molecule has 0 amide bonds. The third-order valence-electron chi connectivity index (χ3n) is 5.08. The van der Waals surface area contributed by atoms with E-state index in [1.165, 1.54) is 4.88 Å². The van der Waals surface area contributed by atoms with Crippen molar-refractivity contribution in [3.8, 4) is 11.4 Å². The molecule has 10 heteroatoms. The number of fused-ring (bicyclic) bond motifs is 1. The molecule has 1 unspecified atom stereocenters. The highest BCUT2D eigenvalue weighted by atomic mass is 32.1. The Labute approximate surface area is 175 Å². The second kappa shape index (κ2) is 7.80. The highest BCUT2D eigenvalue weighted by Gasteiger charge is 2.33. The fourth-order valence-corrected chi connectivity index (χ4v) is 4.64. The molecule has 0 saturated heterocycles. The highest BCUT2D eigenvalue weighted by Crippen LogP contribution is 2.47. The summed E-state index contributed by atoms with van der Waals surface area (Å²) in [6.07, 6.45) is 5.75. The Hall–Kier alpha value is -2.79. The summed E-state index contributed by atoms with van der Waals surface area (Å²) in [4.78, 5) is 6.40. The van der Waals surface area contributed by atoms with Crippen molar-refractivity contribution in [2.24, 2.45) is 0 Å². The maximum absolute atomic E-state index is 11.1. The first-order valence-corrected chi connectivity index (χ1v) is 10.5. The van der Waals surface area contributed by atoms with E-state index in [0.29, 0.717) is 17.4 Å². The minimum Gasteiger partial charge on any atom is -0.491 e. The number of aromatic nitrogens is 5. The summed E-state index contributed by atoms with van der Waals surface area (Å²) in [7, 11) is 0. The van der Waals surface area contributed by atoms with Gasteiger partial charge < -0.3 is 20.1 Å². The molecule has 30 heavy (non-hydrogen) atoms. The lowest BCUT2D eigenvalue weighted by Crippen LogP contribution is -2.21. The highest BCUT2D eigenvalue weighted by molar-refractivity contribution is 7.17. The molecule has 3 heterocycles. The first-order chi connectivity index (χ1) is 14.6. The Balaban J connectivity index is 1.37. The Morgan fingerprint density at radius 2 is 2.00 bits per heavy atom. The molecule has 0 radical (unpaired) electrons. The van der Waals surface area contributed by atoms with E-state index in [-0.39, 0.29) is 13.2 Å². The van der Waals surface area contributed by atoms with Crippen molar-refractivity contribution in [2.75, 3.05) is 13.2 Å². The van der Waals surface area contributed by atoms with Gasteiger partial charge in [0.1, 0.15) is 41.4 Å². The van der Waals surface area contributed by atoms with Crippen LogP contribution in [0.15, 0.2) is 43.0 Å². The number of imidazole rings is 1. The van der Waals surface area contributed by atoms with Crippen LogP contribution in [0.1, 0.15) is 41.1 Å². The molecular formula is C20H21N5O4S. The first kappa shape index (κ1) is 19.2. The minimum atomic E-state index is -0.913. The van der Waals surface area contributed by atoms with E-state index in [0.717, 1.165) is 29.1 Å². The van der Waals surface area contributed by atoms with Gasteiger partial charge in [-0.1, -0.05) is 5.21 Å². The summed E-state index contributed by atoms with van der Waals surface area (Å²) in [5.41, 5.74) is 2.06. The zero-order valence-corrected chi connectivity index (χ0v) is 16.8. The third-order valence-corrected chi connectivity index (χ3v) is 6.36. The summed E-state index contributed by atoms with van der Waals surface area (Å²) >= 11 is 1.68. The number of hydrogen-bond donors (Lipinski definition) is 3. The molecule has 2 atom stereocenters. The lowest BCUT2D eigenvalue weighted by molar-refractivity contribution is 0.0536. The second-order valence-corrected chi connectivity index (χ2v) is 8.42. The van der Waals surface area contributed by atoms with Crippen LogP contribution in [0.5, 0.6) is 5.75 Å². The van der Waals surface area contributed by atoms with Gasteiger partial charge in [-0.25, -0.2) is 9.67 Å². The summed E-state index contributed by atoms with van der Waals surface area (Å²) in [5, 5.41) is 37.7. The summed E-state index contributed by atoms with van der Waals surface area (Å²) < 4.78 is 8.95. The lowest BCUT2D eigenvalue weighted by Gasteiger charge is -2.10. The molecule has 1 saturated carbocycles. The molecule has 9 nitrogen and oxygen atoms in total. The Kier molecular flexibility index (Phi) is 4.99. The monoisotopic (exact) mass is 427 g/mol. The number of ether oxygens (including phenoxy) is 1. The fourth-order valence-electron chi connectivity index (χ4n) is 3.34. The molecule has 0 spiro atoms. The Morgan fingerprint density at radius 3 is 2.73 bits per heavy atom. The molecule has 1 aliphatic rings. The number of thiazole rings is 1. The van der Waals surface area contributed by atoms with E-state index in [1.54, 1.807) is 52.8 Å². The standard InChI is InChI=1S/C20H21N5O4S/c26-9-14(27)10-29-15-5-3-13(4-6-15)25-8-16(22-23-25)19(28)18-20(12-1-2-12)30-17-7-21-11-24(17)18/h3-8,11-12,14,19,26-28H,1-2,9-10H2/t14?,19-/m1/s1. The van der Waals surface area contributed by atoms with Gasteiger partial charge in [0.25, 0.3) is 0 Å². The van der Waals surface area contributed by atoms with E-state index in [1.807, 2.05) is 10.6 Å². The van der Waals surface area contributed by atoms with Crippen molar-refractivity contribution in [1.29, 1.82) is 0 Å². The van der Waals surface area contributed by atoms with Gasteiger partial charge in [-0.05, 0) is 43.0 Å². The van der Waals surface area contributed by atoms with Crippen LogP contribution in [0.3, 0.4) is 0 Å². The first-order valence-electron chi connectivity index (χ1n) is 9.71. The SMILES string of the molecule is OCC(O)COc1ccc(-n2cc([C@@H](O)c3c(C4CC4)sc4cncn34)nn2)cc1. The molecule has 0 aliphatic heterocycles. The number of aliphatic hydroxyl groups is 3. The molecule has 3 N–H and O–H groups in total. The number of aliphatic hydroxyl groups excluding tert-OH is 3. The Bertz CT molecular complexity index is 1150. The number of hydrogen-bond acceptors (Lipinski definition) is 8. The third kappa shape index (κ3) is 3.58. The Morgan fingerprint density at radius 1 is 1.20 bits per heavy atom. The van der Waals surface area contributed by atoms with Crippen LogP contribution < -0.4 is 4.74 Å². The average Bonchev–Trinajstić information content (AvgIpc) is 3.16. The van der Waals surface area contributed by atoms with Gasteiger partial charge >= 0.3 is 0 Å². The van der Waals surface area contributed by atoms with Gasteiger partial charge in [0, 0.05) is 4.88 Å². The van der Waals surface area contributed by atoms with Gasteiger partial charge in [0.05, 0.1) is 30.4 Å².